The van der Waals surface area contributed by atoms with Crippen molar-refractivity contribution in [2.24, 2.45) is 0 Å². The van der Waals surface area contributed by atoms with Crippen LogP contribution in [0.4, 0.5) is 0 Å². The van der Waals surface area contributed by atoms with Crippen molar-refractivity contribution in [2.75, 3.05) is 6.61 Å². The summed E-state index contributed by atoms with van der Waals surface area (Å²) in [5, 5.41) is 0. The highest BCUT2D eigenvalue weighted by Gasteiger charge is 2.19. The van der Waals surface area contributed by atoms with Gasteiger partial charge in [-0.05, 0) is 27.7 Å². The van der Waals surface area contributed by atoms with Gasteiger partial charge < -0.3 is 4.52 Å². The van der Waals surface area contributed by atoms with Gasteiger partial charge in [0, 0.05) is 18.5 Å². The van der Waals surface area contributed by atoms with Gasteiger partial charge >= 0.3 is 0 Å². The van der Waals surface area contributed by atoms with Crippen LogP contribution in [-0.4, -0.2) is 23.4 Å². The zero-order valence-corrected chi connectivity index (χ0v) is 10.4. The maximum absolute atomic E-state index is 11.7. The average Bonchev–Trinajstić information content (AvgIpc) is 2.03. The van der Waals surface area contributed by atoms with E-state index in [4.69, 9.17) is 10.9 Å². The quantitative estimate of drug-likeness (QED) is 0.389. The number of hydrogen-bond donors (Lipinski definition) is 0. The van der Waals surface area contributed by atoms with Gasteiger partial charge in [0.25, 0.3) is 8.18 Å². The highest BCUT2D eigenvalue weighted by Crippen LogP contribution is 2.32. The molecule has 3 nitrogen and oxygen atoms in total. The van der Waals surface area contributed by atoms with Gasteiger partial charge in [0.05, 0.1) is 6.61 Å². The predicted molar refractivity (Wildman–Crippen MR) is 60.5 cm³/mol. The summed E-state index contributed by atoms with van der Waals surface area (Å²) >= 11 is 0. The summed E-state index contributed by atoms with van der Waals surface area (Å²) < 4.78 is 18.8. The first kappa shape index (κ1) is 13.7. The van der Waals surface area contributed by atoms with Gasteiger partial charge in [-0.1, -0.05) is 0 Å². The molecule has 0 fully saturated rings. The summed E-state index contributed by atoms with van der Waals surface area (Å²) in [5.41, 5.74) is 0. The zero-order chi connectivity index (χ0) is 11.1. The molecule has 0 saturated heterocycles. The number of nitrogens with zero attached hydrogens (tertiary/aromatic N) is 1. The Bertz CT molecular complexity index is 213. The van der Waals surface area contributed by atoms with Gasteiger partial charge in [-0.15, -0.1) is 12.3 Å². The van der Waals surface area contributed by atoms with Gasteiger partial charge in [0.2, 0.25) is 0 Å². The molecule has 0 N–H and O–H groups in total. The van der Waals surface area contributed by atoms with E-state index < -0.39 is 8.18 Å². The number of rotatable bonds is 6. The summed E-state index contributed by atoms with van der Waals surface area (Å²) in [7, 11) is -2.11. The SMILES string of the molecule is C#CCCO[PH](=O)N(C(C)C)C(C)C. The van der Waals surface area contributed by atoms with Crippen LogP contribution in [0.5, 0.6) is 0 Å². The molecule has 0 radical (unpaired) electrons. The summed E-state index contributed by atoms with van der Waals surface area (Å²) in [6.45, 7) is 8.41. The Morgan fingerprint density at radius 2 is 1.86 bits per heavy atom. The lowest BCUT2D eigenvalue weighted by Crippen LogP contribution is -2.31. The molecule has 82 valence electrons. The van der Waals surface area contributed by atoms with Crippen LogP contribution in [0, 0.1) is 12.3 Å². The van der Waals surface area contributed by atoms with Crippen molar-refractivity contribution in [1.29, 1.82) is 0 Å². The smallest absolute Gasteiger partial charge is 0.261 e. The molecule has 4 heteroatoms. The third-order valence-electron chi connectivity index (χ3n) is 1.80. The van der Waals surface area contributed by atoms with Crippen LogP contribution in [0.2, 0.25) is 0 Å². The van der Waals surface area contributed by atoms with Crippen LogP contribution < -0.4 is 0 Å². The van der Waals surface area contributed by atoms with Gasteiger partial charge in [-0.25, -0.2) is 4.67 Å². The van der Waals surface area contributed by atoms with Gasteiger partial charge in [-0.3, -0.25) is 4.57 Å². The Labute approximate surface area is 87.7 Å². The average molecular weight is 217 g/mol. The number of hydrogen-bond acceptors (Lipinski definition) is 2. The van der Waals surface area contributed by atoms with E-state index in [0.29, 0.717) is 13.0 Å². The van der Waals surface area contributed by atoms with Crippen LogP contribution in [-0.2, 0) is 9.09 Å². The Hall–Kier alpha value is -0.290. The van der Waals surface area contributed by atoms with E-state index in [1.165, 1.54) is 0 Å². The maximum Gasteiger partial charge on any atom is 0.261 e. The topological polar surface area (TPSA) is 29.5 Å². The maximum atomic E-state index is 11.7. The second-order valence-corrected chi connectivity index (χ2v) is 5.00. The minimum absolute atomic E-state index is 0.229. The van der Waals surface area contributed by atoms with E-state index in [2.05, 4.69) is 5.92 Å². The Morgan fingerprint density at radius 3 is 2.21 bits per heavy atom. The van der Waals surface area contributed by atoms with E-state index in [9.17, 15) is 4.57 Å². The molecule has 14 heavy (non-hydrogen) atoms. The standard InChI is InChI=1S/C10H20NO2P/c1-6-7-8-13-14(12)11(9(2)3)10(4)5/h1,9-10,14H,7-8H2,2-5H3. The van der Waals surface area contributed by atoms with Gasteiger partial charge in [0.1, 0.15) is 0 Å². The van der Waals surface area contributed by atoms with Crippen LogP contribution in [0.25, 0.3) is 0 Å². The first-order valence-corrected chi connectivity index (χ1v) is 6.15. The second kappa shape index (κ2) is 7.06. The molecular weight excluding hydrogens is 197 g/mol. The molecule has 0 aliphatic rings. The van der Waals surface area contributed by atoms with E-state index in [0.717, 1.165) is 0 Å². The van der Waals surface area contributed by atoms with Crippen LogP contribution in [0.15, 0.2) is 0 Å². The van der Waals surface area contributed by atoms with Crippen LogP contribution >= 0.6 is 8.18 Å². The molecule has 0 bridgehead atoms. The predicted octanol–water partition coefficient (Wildman–Crippen LogP) is 2.53. The normalized spacial score (nSPS) is 13.6. The van der Waals surface area contributed by atoms with E-state index in [1.54, 1.807) is 0 Å². The van der Waals surface area contributed by atoms with Crippen LogP contribution in [0.3, 0.4) is 0 Å². The van der Waals surface area contributed by atoms with Crippen molar-refractivity contribution >= 4 is 8.18 Å². The lowest BCUT2D eigenvalue weighted by molar-refractivity contribution is 0.237. The molecule has 0 heterocycles. The minimum atomic E-state index is -2.11. The number of terminal acetylenes is 1. The van der Waals surface area contributed by atoms with Crippen molar-refractivity contribution < 1.29 is 9.09 Å². The second-order valence-electron chi connectivity index (χ2n) is 3.66. The van der Waals surface area contributed by atoms with Crippen molar-refractivity contribution in [2.45, 2.75) is 46.2 Å². The van der Waals surface area contributed by atoms with Crippen molar-refractivity contribution in [1.82, 2.24) is 4.67 Å². The molecule has 0 aromatic heterocycles. The molecule has 0 amide bonds. The lowest BCUT2D eigenvalue weighted by atomic mass is 10.3. The van der Waals surface area contributed by atoms with E-state index in [1.807, 2.05) is 32.4 Å². The molecule has 0 aromatic carbocycles. The van der Waals surface area contributed by atoms with Crippen LogP contribution in [0.1, 0.15) is 34.1 Å². The minimum Gasteiger partial charge on any atom is -0.318 e. The largest absolute Gasteiger partial charge is 0.318 e. The molecular formula is C10H20NO2P. The monoisotopic (exact) mass is 217 g/mol. The molecule has 0 spiro atoms. The molecule has 1 unspecified atom stereocenters. The fraction of sp³-hybridized carbons (Fsp3) is 0.800. The van der Waals surface area contributed by atoms with Gasteiger partial charge in [-0.2, -0.15) is 0 Å². The Morgan fingerprint density at radius 1 is 1.36 bits per heavy atom. The lowest BCUT2D eigenvalue weighted by Gasteiger charge is -2.28. The molecule has 0 aliphatic carbocycles. The fourth-order valence-corrected chi connectivity index (χ4v) is 2.56. The fourth-order valence-electron chi connectivity index (χ4n) is 1.29. The first-order chi connectivity index (χ1) is 6.50. The van der Waals surface area contributed by atoms with Crippen molar-refractivity contribution in [3.63, 3.8) is 0 Å². The molecule has 0 aliphatic heterocycles. The van der Waals surface area contributed by atoms with Gasteiger partial charge in [0.15, 0.2) is 0 Å². The third kappa shape index (κ3) is 4.81. The summed E-state index contributed by atoms with van der Waals surface area (Å²) in [6, 6.07) is 0.458. The zero-order valence-electron chi connectivity index (χ0n) is 9.41. The molecule has 0 saturated carbocycles. The highest BCUT2D eigenvalue weighted by atomic mass is 31.1. The van der Waals surface area contributed by atoms with Crippen molar-refractivity contribution in [3.05, 3.63) is 0 Å². The molecule has 0 aromatic rings. The summed E-state index contributed by atoms with van der Waals surface area (Å²) in [6.07, 6.45) is 5.59. The molecule has 0 rings (SSSR count). The molecule has 1 atom stereocenters. The Balaban J connectivity index is 4.11. The summed E-state index contributed by atoms with van der Waals surface area (Å²) in [4.78, 5) is 0. The third-order valence-corrected chi connectivity index (χ3v) is 3.70. The first-order valence-electron chi connectivity index (χ1n) is 4.89. The van der Waals surface area contributed by atoms with E-state index >= 15 is 0 Å². The highest BCUT2D eigenvalue weighted by molar-refractivity contribution is 7.36. The van der Waals surface area contributed by atoms with Crippen molar-refractivity contribution in [3.8, 4) is 12.3 Å². The van der Waals surface area contributed by atoms with E-state index in [-0.39, 0.29) is 12.1 Å². The Kier molecular flexibility index (Phi) is 6.92. The summed E-state index contributed by atoms with van der Waals surface area (Å²) in [5.74, 6) is 2.45.